The van der Waals surface area contributed by atoms with Gasteiger partial charge in [-0.1, -0.05) is 48.0 Å². The van der Waals surface area contributed by atoms with Gasteiger partial charge in [-0.3, -0.25) is 9.35 Å². The zero-order valence-electron chi connectivity index (χ0n) is 19.1. The number of anilines is 1. The third-order valence-corrected chi connectivity index (χ3v) is 6.70. The molecule has 0 spiro atoms. The van der Waals surface area contributed by atoms with E-state index in [1.807, 2.05) is 0 Å². The fourth-order valence-corrected chi connectivity index (χ4v) is 4.66. The molecule has 0 saturated heterocycles. The topological polar surface area (TPSA) is 138 Å². The van der Waals surface area contributed by atoms with Gasteiger partial charge in [0.15, 0.2) is 5.75 Å². The molecular formula is C25H20ClN3O6S. The van der Waals surface area contributed by atoms with Gasteiger partial charge in [-0.25, -0.2) is 0 Å². The van der Waals surface area contributed by atoms with E-state index >= 15 is 0 Å². The Kier molecular flexibility index (Phi) is 6.93. The molecule has 9 nitrogen and oxygen atoms in total. The number of fused-ring (bicyclic) bond motifs is 1. The van der Waals surface area contributed by atoms with Gasteiger partial charge in [0, 0.05) is 5.39 Å². The van der Waals surface area contributed by atoms with Crippen molar-refractivity contribution in [3.8, 4) is 11.5 Å². The van der Waals surface area contributed by atoms with E-state index in [9.17, 15) is 22.9 Å². The molecule has 0 aliphatic rings. The number of halogens is 1. The third-order valence-electron chi connectivity index (χ3n) is 5.38. The first-order valence-electron chi connectivity index (χ1n) is 10.5. The summed E-state index contributed by atoms with van der Waals surface area (Å²) in [6, 6.07) is 17.8. The van der Waals surface area contributed by atoms with E-state index in [4.69, 9.17) is 16.3 Å². The van der Waals surface area contributed by atoms with Gasteiger partial charge >= 0.3 is 0 Å². The first-order valence-corrected chi connectivity index (χ1v) is 12.3. The minimum Gasteiger partial charge on any atom is -0.505 e. The lowest BCUT2D eigenvalue weighted by Crippen LogP contribution is -2.13. The lowest BCUT2D eigenvalue weighted by Gasteiger charge is -2.13. The van der Waals surface area contributed by atoms with Gasteiger partial charge < -0.3 is 15.2 Å². The second-order valence-electron chi connectivity index (χ2n) is 7.74. The fourth-order valence-electron chi connectivity index (χ4n) is 3.58. The molecule has 0 atom stereocenters. The molecule has 184 valence electrons. The fraction of sp³-hybridized carbons (Fsp3) is 0.0800. The predicted molar refractivity (Wildman–Crippen MR) is 137 cm³/mol. The van der Waals surface area contributed by atoms with Crippen LogP contribution in [0.25, 0.3) is 10.8 Å². The highest BCUT2D eigenvalue weighted by molar-refractivity contribution is 7.86. The second-order valence-corrected chi connectivity index (χ2v) is 9.54. The van der Waals surface area contributed by atoms with Crippen molar-refractivity contribution in [3.05, 3.63) is 82.9 Å². The Morgan fingerprint density at radius 2 is 1.72 bits per heavy atom. The number of azo groups is 1. The van der Waals surface area contributed by atoms with Crippen LogP contribution in [0.3, 0.4) is 0 Å². The number of aryl methyl sites for hydroxylation is 1. The van der Waals surface area contributed by atoms with E-state index in [2.05, 4.69) is 15.5 Å². The Morgan fingerprint density at radius 1 is 1.03 bits per heavy atom. The van der Waals surface area contributed by atoms with Gasteiger partial charge in [-0.05, 0) is 48.2 Å². The van der Waals surface area contributed by atoms with E-state index in [1.54, 1.807) is 55.5 Å². The number of carbonyl (C=O) groups is 1. The van der Waals surface area contributed by atoms with E-state index < -0.39 is 26.7 Å². The molecular weight excluding hydrogens is 506 g/mol. The van der Waals surface area contributed by atoms with Crippen LogP contribution in [-0.2, 0) is 10.1 Å². The number of amides is 1. The Bertz CT molecular complexity index is 1640. The Hall–Kier alpha value is -3.99. The molecule has 0 radical (unpaired) electrons. The molecule has 0 saturated carbocycles. The van der Waals surface area contributed by atoms with Crippen molar-refractivity contribution in [1.82, 2.24) is 0 Å². The number of phenols is 1. The van der Waals surface area contributed by atoms with E-state index in [0.717, 1.165) is 0 Å². The number of methoxy groups -OCH3 is 1. The molecule has 0 aliphatic heterocycles. The summed E-state index contributed by atoms with van der Waals surface area (Å²) in [5.74, 6) is -0.536. The number of carbonyl (C=O) groups excluding carboxylic acids is 1. The Labute approximate surface area is 211 Å². The highest BCUT2D eigenvalue weighted by atomic mass is 35.5. The summed E-state index contributed by atoms with van der Waals surface area (Å²) in [5.41, 5.74) is 0.993. The lowest BCUT2D eigenvalue weighted by atomic mass is 10.0. The van der Waals surface area contributed by atoms with Crippen molar-refractivity contribution >= 4 is 55.5 Å². The van der Waals surface area contributed by atoms with E-state index in [-0.39, 0.29) is 22.0 Å². The van der Waals surface area contributed by atoms with Crippen molar-refractivity contribution in [2.45, 2.75) is 11.8 Å². The van der Waals surface area contributed by atoms with Gasteiger partial charge in [0.05, 0.1) is 29.1 Å². The monoisotopic (exact) mass is 525 g/mol. The van der Waals surface area contributed by atoms with Crippen LogP contribution in [-0.4, -0.2) is 31.1 Å². The van der Waals surface area contributed by atoms with Crippen LogP contribution in [0.1, 0.15) is 15.9 Å². The van der Waals surface area contributed by atoms with Crippen molar-refractivity contribution < 1.29 is 27.6 Å². The molecule has 3 N–H and O–H groups in total. The molecule has 4 aromatic carbocycles. The van der Waals surface area contributed by atoms with Crippen molar-refractivity contribution in [2.24, 2.45) is 10.2 Å². The second kappa shape index (κ2) is 9.94. The zero-order chi connectivity index (χ0) is 26.0. The maximum absolute atomic E-state index is 13.1. The average molecular weight is 526 g/mol. The van der Waals surface area contributed by atoms with Crippen LogP contribution in [0.15, 0.2) is 81.9 Å². The predicted octanol–water partition coefficient (Wildman–Crippen LogP) is 6.43. The molecule has 0 aromatic heterocycles. The third kappa shape index (κ3) is 5.01. The van der Waals surface area contributed by atoms with E-state index in [0.29, 0.717) is 27.8 Å². The average Bonchev–Trinajstić information content (AvgIpc) is 2.84. The molecule has 4 rings (SSSR count). The zero-order valence-corrected chi connectivity index (χ0v) is 20.6. The van der Waals surface area contributed by atoms with Crippen LogP contribution in [0.4, 0.5) is 17.1 Å². The van der Waals surface area contributed by atoms with Crippen LogP contribution in [0, 0.1) is 6.92 Å². The quantitative estimate of drug-likeness (QED) is 0.196. The smallest absolute Gasteiger partial charge is 0.296 e. The van der Waals surface area contributed by atoms with Crippen molar-refractivity contribution in [3.63, 3.8) is 0 Å². The number of ether oxygens (including phenoxy) is 1. The van der Waals surface area contributed by atoms with E-state index in [1.165, 1.54) is 25.3 Å². The largest absolute Gasteiger partial charge is 0.505 e. The standard InChI is InChI=1S/C25H20ClN3O6S/c1-14-11-22(36(32,33)34)18(26)13-20(14)28-29-23-16-8-4-3-7-15(16)12-17(24(23)30)25(31)27-19-9-5-6-10-21(19)35-2/h3-13,30H,1-2H3,(H,27,31)(H,32,33,34). The molecule has 0 heterocycles. The number of phenolic OH excluding ortho intramolecular Hbond substituents is 1. The van der Waals surface area contributed by atoms with Gasteiger partial charge in [0.1, 0.15) is 16.3 Å². The Morgan fingerprint density at radius 3 is 2.44 bits per heavy atom. The molecule has 1 amide bonds. The molecule has 0 aliphatic carbocycles. The molecule has 4 aromatic rings. The summed E-state index contributed by atoms with van der Waals surface area (Å²) in [4.78, 5) is 12.7. The summed E-state index contributed by atoms with van der Waals surface area (Å²) >= 11 is 6.01. The SMILES string of the molecule is COc1ccccc1NC(=O)c1cc2ccccc2c(N=Nc2cc(Cl)c(S(=O)(=O)O)cc2C)c1O. The summed E-state index contributed by atoms with van der Waals surface area (Å²) in [6.07, 6.45) is 0. The van der Waals surface area contributed by atoms with Crippen LogP contribution < -0.4 is 10.1 Å². The van der Waals surface area contributed by atoms with Crippen LogP contribution in [0.2, 0.25) is 5.02 Å². The van der Waals surface area contributed by atoms with Gasteiger partial charge in [0.25, 0.3) is 16.0 Å². The number of para-hydroxylation sites is 2. The molecule has 0 bridgehead atoms. The highest BCUT2D eigenvalue weighted by Crippen LogP contribution is 2.40. The number of aromatic hydroxyl groups is 1. The summed E-state index contributed by atoms with van der Waals surface area (Å²) in [5, 5.41) is 23.0. The summed E-state index contributed by atoms with van der Waals surface area (Å²) in [7, 11) is -3.04. The first-order chi connectivity index (χ1) is 17.1. The maximum Gasteiger partial charge on any atom is 0.296 e. The number of rotatable bonds is 6. The minimum atomic E-state index is -4.52. The lowest BCUT2D eigenvalue weighted by molar-refractivity contribution is 0.102. The Balaban J connectivity index is 1.80. The minimum absolute atomic E-state index is 0.0349. The molecule has 11 heteroatoms. The van der Waals surface area contributed by atoms with Gasteiger partial charge in [0.2, 0.25) is 0 Å². The first kappa shape index (κ1) is 25.1. The molecule has 0 unspecified atom stereocenters. The highest BCUT2D eigenvalue weighted by Gasteiger charge is 2.20. The van der Waals surface area contributed by atoms with Crippen molar-refractivity contribution in [2.75, 3.05) is 12.4 Å². The number of hydrogen-bond donors (Lipinski definition) is 3. The van der Waals surface area contributed by atoms with Gasteiger partial charge in [-0.2, -0.15) is 13.5 Å². The molecule has 0 fully saturated rings. The van der Waals surface area contributed by atoms with Gasteiger partial charge in [-0.15, -0.1) is 5.11 Å². The number of nitrogens with zero attached hydrogens (tertiary/aromatic N) is 2. The maximum atomic E-state index is 13.1. The number of hydrogen-bond acceptors (Lipinski definition) is 7. The van der Waals surface area contributed by atoms with Crippen LogP contribution >= 0.6 is 11.6 Å². The molecule has 36 heavy (non-hydrogen) atoms. The normalized spacial score (nSPS) is 11.7. The summed E-state index contributed by atoms with van der Waals surface area (Å²) in [6.45, 7) is 1.56. The van der Waals surface area contributed by atoms with Crippen LogP contribution in [0.5, 0.6) is 11.5 Å². The number of nitrogens with one attached hydrogen (secondary N) is 1. The van der Waals surface area contributed by atoms with Crippen molar-refractivity contribution in [1.29, 1.82) is 0 Å². The number of benzene rings is 4. The summed E-state index contributed by atoms with van der Waals surface area (Å²) < 4.78 is 37.6.